The summed E-state index contributed by atoms with van der Waals surface area (Å²) in [5, 5.41) is 10.6. The standard InChI is InChI=1S/C87H132O17P2/c1-5-9-13-17-21-25-29-33-37-39-40-42-46-48-52-56-60-64-68-72-85(90)98-78-83(104-87(92)74-70-66-62-58-54-50-44-36-32-28-24-20-16-12-8-4)80-102-106(95,96)100-76-81(88)75-99-105(93,94)101-79-82(103-86(91)73-69-65-61-57-53-49-43-35-31-27-23-19-15-11-7-3)77-97-84(89)71-67-63-59-55-51-47-45-41-38-34-30-26-22-18-14-10-6-2/h9-16,21-28,33-38,40,42-45,47-48,52-55,57-60,64,81-83,88H,5-8,17-20,29-32,39,41,46,49-51,56,61-63,65-80H2,1-4H3,(H,93,94)(H,95,96)/b13-9-,14-10-,15-11-,16-12-,25-21-,26-22-,27-23-,28-24-,37-33-,38-34-,42-40-,43-35-,44-36-,47-45-,52-48-,57-53-,58-54-,59-55-,64-60-. The SMILES string of the molecule is CC/C=C\C/C=C\C/C=C\C/C=C\C/C=C\C/C=C\CCC(=O)OCC(COP(=O)(O)OCC(O)COP(=O)(O)OCC(COC(=O)CCC/C=C\C/C=C\C/C=C\C/C=C\C/C=C\CC)OC(=O)CCCC/C=C\C/C=C\C/C=C\C/C=C\CC)OC(=O)CCCC/C=C\C/C=C\C/C=C\C/C=C\CC. The van der Waals surface area contributed by atoms with Gasteiger partial charge in [-0.05, 0) is 180 Å². The van der Waals surface area contributed by atoms with Gasteiger partial charge in [0.2, 0.25) is 0 Å². The molecule has 0 fully saturated rings. The zero-order valence-electron chi connectivity index (χ0n) is 64.5. The second-order valence-corrected chi connectivity index (χ2v) is 27.3. The first-order valence-corrected chi connectivity index (χ1v) is 41.6. The van der Waals surface area contributed by atoms with Crippen molar-refractivity contribution in [3.8, 4) is 0 Å². The number of hydrogen-bond donors (Lipinski definition) is 3. The van der Waals surface area contributed by atoms with Gasteiger partial charge in [-0.25, -0.2) is 9.13 Å². The first-order chi connectivity index (χ1) is 51.7. The third kappa shape index (κ3) is 75.4. The Hall–Kier alpha value is -6.88. The van der Waals surface area contributed by atoms with E-state index in [0.717, 1.165) is 128 Å². The minimum absolute atomic E-state index is 0.0134. The van der Waals surface area contributed by atoms with Crippen molar-refractivity contribution in [2.24, 2.45) is 0 Å². The monoisotopic (exact) mass is 1510 g/mol. The molecule has 19 heteroatoms. The van der Waals surface area contributed by atoms with Gasteiger partial charge in [0.05, 0.1) is 26.4 Å². The molecule has 0 saturated carbocycles. The summed E-state index contributed by atoms with van der Waals surface area (Å²) in [7, 11) is -10.0. The second-order valence-electron chi connectivity index (χ2n) is 24.4. The molecule has 0 aromatic heterocycles. The number of phosphoric acid groups is 2. The maximum absolute atomic E-state index is 13.1. The highest BCUT2D eigenvalue weighted by Crippen LogP contribution is 2.45. The number of aliphatic hydroxyl groups is 1. The van der Waals surface area contributed by atoms with E-state index in [1.165, 1.54) is 0 Å². The highest BCUT2D eigenvalue weighted by molar-refractivity contribution is 7.47. The number of unbranched alkanes of at least 4 members (excludes halogenated alkanes) is 5. The van der Waals surface area contributed by atoms with Crippen LogP contribution in [-0.2, 0) is 65.4 Å². The summed E-state index contributed by atoms with van der Waals surface area (Å²) in [6.45, 7) is 4.10. The summed E-state index contributed by atoms with van der Waals surface area (Å²) in [4.78, 5) is 72.9. The Morgan fingerprint density at radius 3 is 0.755 bits per heavy atom. The van der Waals surface area contributed by atoms with Crippen LogP contribution >= 0.6 is 15.6 Å². The van der Waals surface area contributed by atoms with Crippen molar-refractivity contribution in [3.63, 3.8) is 0 Å². The van der Waals surface area contributed by atoms with Crippen LogP contribution in [0.25, 0.3) is 0 Å². The lowest BCUT2D eigenvalue weighted by Gasteiger charge is -2.21. The summed E-state index contributed by atoms with van der Waals surface area (Å²) in [5.74, 6) is -2.48. The lowest BCUT2D eigenvalue weighted by molar-refractivity contribution is -0.161. The molecule has 17 nitrogen and oxygen atoms in total. The van der Waals surface area contributed by atoms with E-state index in [4.69, 9.17) is 37.0 Å². The van der Waals surface area contributed by atoms with Crippen LogP contribution in [0, 0.1) is 0 Å². The van der Waals surface area contributed by atoms with Crippen molar-refractivity contribution < 1.29 is 80.2 Å². The van der Waals surface area contributed by atoms with Crippen molar-refractivity contribution in [2.75, 3.05) is 39.6 Å². The molecule has 0 aromatic rings. The van der Waals surface area contributed by atoms with Crippen LogP contribution in [0.2, 0.25) is 0 Å². The van der Waals surface area contributed by atoms with Crippen LogP contribution < -0.4 is 0 Å². The quantitative estimate of drug-likeness (QED) is 0.0169. The number of aliphatic hydroxyl groups excluding tert-OH is 1. The summed E-state index contributed by atoms with van der Waals surface area (Å²) in [6.07, 6.45) is 97.9. The first kappa shape index (κ1) is 99.1. The van der Waals surface area contributed by atoms with Crippen molar-refractivity contribution in [2.45, 2.75) is 251 Å². The fourth-order valence-electron chi connectivity index (χ4n) is 8.91. The van der Waals surface area contributed by atoms with Crippen LogP contribution in [0.4, 0.5) is 0 Å². The van der Waals surface area contributed by atoms with E-state index in [9.17, 15) is 43.2 Å². The minimum atomic E-state index is -5.03. The molecular weight excluding hydrogens is 1380 g/mol. The zero-order valence-corrected chi connectivity index (χ0v) is 66.3. The van der Waals surface area contributed by atoms with Gasteiger partial charge in [-0.15, -0.1) is 0 Å². The van der Waals surface area contributed by atoms with Gasteiger partial charge in [0, 0.05) is 25.7 Å². The normalized spacial score (nSPS) is 15.1. The number of hydrogen-bond acceptors (Lipinski definition) is 15. The van der Waals surface area contributed by atoms with Gasteiger partial charge in [0.1, 0.15) is 19.3 Å². The van der Waals surface area contributed by atoms with Gasteiger partial charge < -0.3 is 33.8 Å². The third-order valence-electron chi connectivity index (χ3n) is 14.6. The average Bonchev–Trinajstić information content (AvgIpc) is 0.909. The fourth-order valence-corrected chi connectivity index (χ4v) is 10.5. The average molecular weight is 1510 g/mol. The molecule has 0 radical (unpaired) electrons. The molecule has 0 rings (SSSR count). The number of esters is 4. The smallest absolute Gasteiger partial charge is 0.462 e. The van der Waals surface area contributed by atoms with E-state index < -0.39 is 97.5 Å². The Morgan fingerprint density at radius 1 is 0.264 bits per heavy atom. The Labute approximate surface area is 638 Å². The largest absolute Gasteiger partial charge is 0.472 e. The molecule has 0 aliphatic carbocycles. The van der Waals surface area contributed by atoms with Gasteiger partial charge in [0.25, 0.3) is 0 Å². The van der Waals surface area contributed by atoms with E-state index in [0.29, 0.717) is 51.4 Å². The van der Waals surface area contributed by atoms with Crippen LogP contribution in [0.15, 0.2) is 231 Å². The molecule has 5 unspecified atom stereocenters. The van der Waals surface area contributed by atoms with Crippen LogP contribution in [-0.4, -0.2) is 96.7 Å². The highest BCUT2D eigenvalue weighted by Gasteiger charge is 2.30. The molecule has 0 spiro atoms. The predicted octanol–water partition coefficient (Wildman–Crippen LogP) is 22.7. The summed E-state index contributed by atoms with van der Waals surface area (Å²) >= 11 is 0. The third-order valence-corrected chi connectivity index (χ3v) is 16.5. The lowest BCUT2D eigenvalue weighted by atomic mass is 10.2. The van der Waals surface area contributed by atoms with E-state index in [1.807, 2.05) is 42.5 Å². The Morgan fingerprint density at radius 2 is 0.481 bits per heavy atom. The summed E-state index contributed by atoms with van der Waals surface area (Å²) in [6, 6.07) is 0. The molecule has 0 aliphatic rings. The highest BCUT2D eigenvalue weighted by atomic mass is 31.2. The summed E-state index contributed by atoms with van der Waals surface area (Å²) in [5.41, 5.74) is 0. The Balaban J connectivity index is 5.58. The predicted molar refractivity (Wildman–Crippen MR) is 435 cm³/mol. The van der Waals surface area contributed by atoms with Crippen molar-refractivity contribution in [1.82, 2.24) is 0 Å². The molecule has 0 bridgehead atoms. The molecule has 0 saturated heterocycles. The Kier molecular flexibility index (Phi) is 71.4. The number of carbonyl (C=O) groups excluding carboxylic acids is 4. The van der Waals surface area contributed by atoms with E-state index in [1.54, 1.807) is 0 Å². The number of allylic oxidation sites excluding steroid dienone is 38. The van der Waals surface area contributed by atoms with Crippen LogP contribution in [0.3, 0.4) is 0 Å². The minimum Gasteiger partial charge on any atom is -0.462 e. The van der Waals surface area contributed by atoms with Gasteiger partial charge in [-0.1, -0.05) is 259 Å². The number of rotatable bonds is 69. The summed E-state index contributed by atoms with van der Waals surface area (Å²) < 4.78 is 68.3. The maximum Gasteiger partial charge on any atom is 0.472 e. The molecular formula is C87H132O17P2. The molecule has 592 valence electrons. The van der Waals surface area contributed by atoms with Crippen molar-refractivity contribution >= 4 is 39.5 Å². The molecule has 0 aliphatic heterocycles. The molecule has 0 heterocycles. The lowest BCUT2D eigenvalue weighted by Crippen LogP contribution is -2.30. The maximum atomic E-state index is 13.1. The van der Waals surface area contributed by atoms with Gasteiger partial charge in [0.15, 0.2) is 12.2 Å². The molecule has 0 aromatic carbocycles. The van der Waals surface area contributed by atoms with Crippen LogP contribution in [0.1, 0.15) is 233 Å². The van der Waals surface area contributed by atoms with Crippen molar-refractivity contribution in [3.05, 3.63) is 231 Å². The van der Waals surface area contributed by atoms with E-state index in [-0.39, 0.29) is 25.7 Å². The Bertz CT molecular complexity index is 2930. The number of phosphoric ester groups is 2. The second kappa shape index (κ2) is 76.3. The van der Waals surface area contributed by atoms with Gasteiger partial charge >= 0.3 is 39.5 Å². The topological polar surface area (TPSA) is 237 Å². The molecule has 5 atom stereocenters. The number of carbonyl (C=O) groups is 4. The first-order valence-electron chi connectivity index (χ1n) is 38.6. The van der Waals surface area contributed by atoms with Crippen molar-refractivity contribution in [1.29, 1.82) is 0 Å². The van der Waals surface area contributed by atoms with E-state index >= 15 is 0 Å². The van der Waals surface area contributed by atoms with E-state index in [2.05, 4.69) is 216 Å². The fraction of sp³-hybridized carbons (Fsp3) is 0.517. The molecule has 0 amide bonds. The van der Waals surface area contributed by atoms with Gasteiger partial charge in [-0.2, -0.15) is 0 Å². The van der Waals surface area contributed by atoms with Gasteiger partial charge in [-0.3, -0.25) is 37.3 Å². The zero-order chi connectivity index (χ0) is 77.4. The van der Waals surface area contributed by atoms with Crippen LogP contribution in [0.5, 0.6) is 0 Å². The molecule has 3 N–H and O–H groups in total. The number of ether oxygens (including phenoxy) is 4. The molecule has 106 heavy (non-hydrogen) atoms.